The smallest absolute Gasteiger partial charge is 0.0854 e. The highest BCUT2D eigenvalue weighted by atomic mass is 35.5. The largest absolute Gasteiger partial charge is 0.390 e. The molecule has 1 aromatic carbocycles. The summed E-state index contributed by atoms with van der Waals surface area (Å²) in [5.41, 5.74) is 2.52. The molecular weight excluding hydrogens is 212 g/mol. The molecule has 2 rings (SSSR count). The van der Waals surface area contributed by atoms with Gasteiger partial charge in [0.25, 0.3) is 0 Å². The third kappa shape index (κ3) is 1.76. The predicted molar refractivity (Wildman–Crippen MR) is 59.2 cm³/mol. The fourth-order valence-electron chi connectivity index (χ4n) is 1.46. The van der Waals surface area contributed by atoms with Crippen LogP contribution in [-0.2, 0) is 6.61 Å². The predicted octanol–water partition coefficient (Wildman–Crippen LogP) is 2.33. The van der Waals surface area contributed by atoms with Gasteiger partial charge in [-0.2, -0.15) is 5.10 Å². The topological polar surface area (TPSA) is 38.0 Å². The summed E-state index contributed by atoms with van der Waals surface area (Å²) < 4.78 is 1.65. The maximum absolute atomic E-state index is 9.12. The molecule has 1 heterocycles. The number of hydrogen-bond donors (Lipinski definition) is 1. The van der Waals surface area contributed by atoms with Crippen LogP contribution in [0.5, 0.6) is 0 Å². The van der Waals surface area contributed by atoms with Crippen molar-refractivity contribution < 1.29 is 5.11 Å². The highest BCUT2D eigenvalue weighted by Crippen LogP contribution is 2.24. The zero-order chi connectivity index (χ0) is 10.8. The molecule has 2 aromatic rings. The number of benzene rings is 1. The van der Waals surface area contributed by atoms with Gasteiger partial charge in [0, 0.05) is 6.20 Å². The van der Waals surface area contributed by atoms with E-state index in [2.05, 4.69) is 5.10 Å². The Kier molecular flexibility index (Phi) is 2.75. The third-order valence-corrected chi connectivity index (χ3v) is 2.77. The number of hydrogen-bond acceptors (Lipinski definition) is 2. The first-order valence-corrected chi connectivity index (χ1v) is 5.01. The minimum absolute atomic E-state index is 0.0513. The highest BCUT2D eigenvalue weighted by Gasteiger charge is 2.08. The molecule has 0 amide bonds. The van der Waals surface area contributed by atoms with Gasteiger partial charge in [-0.3, -0.25) is 0 Å². The lowest BCUT2D eigenvalue weighted by atomic mass is 10.2. The standard InChI is InChI=1S/C11H11ClN2O/c1-8-3-2-4-10(11(8)12)14-9(7-15)5-6-13-14/h2-6,15H,7H2,1H3. The summed E-state index contributed by atoms with van der Waals surface area (Å²) in [7, 11) is 0. The van der Waals surface area contributed by atoms with E-state index in [-0.39, 0.29) is 6.61 Å². The Bertz CT molecular complexity index is 479. The van der Waals surface area contributed by atoms with Crippen LogP contribution in [-0.4, -0.2) is 14.9 Å². The lowest BCUT2D eigenvalue weighted by Crippen LogP contribution is -2.03. The SMILES string of the molecule is Cc1cccc(-n2nccc2CO)c1Cl. The summed E-state index contributed by atoms with van der Waals surface area (Å²) in [4.78, 5) is 0. The Hall–Kier alpha value is -1.32. The summed E-state index contributed by atoms with van der Waals surface area (Å²) in [6, 6.07) is 7.49. The number of aromatic nitrogens is 2. The molecule has 78 valence electrons. The lowest BCUT2D eigenvalue weighted by molar-refractivity contribution is 0.273. The van der Waals surface area contributed by atoms with Crippen molar-refractivity contribution in [1.82, 2.24) is 9.78 Å². The second kappa shape index (κ2) is 4.04. The molecule has 0 saturated carbocycles. The van der Waals surface area contributed by atoms with Gasteiger partial charge in [0.15, 0.2) is 0 Å². The number of aliphatic hydroxyl groups excluding tert-OH is 1. The number of nitrogens with zero attached hydrogens (tertiary/aromatic N) is 2. The van der Waals surface area contributed by atoms with Crippen LogP contribution in [0.2, 0.25) is 5.02 Å². The molecule has 0 radical (unpaired) electrons. The summed E-state index contributed by atoms with van der Waals surface area (Å²) in [5, 5.41) is 13.9. The van der Waals surface area contributed by atoms with Crippen molar-refractivity contribution in [2.45, 2.75) is 13.5 Å². The molecule has 0 saturated heterocycles. The fraction of sp³-hybridized carbons (Fsp3) is 0.182. The van der Waals surface area contributed by atoms with Crippen LogP contribution < -0.4 is 0 Å². The molecule has 0 fully saturated rings. The second-order valence-electron chi connectivity index (χ2n) is 3.30. The fourth-order valence-corrected chi connectivity index (χ4v) is 1.67. The molecule has 0 aliphatic carbocycles. The summed E-state index contributed by atoms with van der Waals surface area (Å²) in [5.74, 6) is 0. The molecule has 15 heavy (non-hydrogen) atoms. The summed E-state index contributed by atoms with van der Waals surface area (Å²) in [6.07, 6.45) is 1.64. The minimum Gasteiger partial charge on any atom is -0.390 e. The van der Waals surface area contributed by atoms with E-state index >= 15 is 0 Å². The maximum atomic E-state index is 9.12. The molecule has 0 atom stereocenters. The van der Waals surface area contributed by atoms with Crippen LogP contribution in [0.15, 0.2) is 30.5 Å². The molecule has 0 aliphatic heterocycles. The van der Waals surface area contributed by atoms with Crippen molar-refractivity contribution >= 4 is 11.6 Å². The van der Waals surface area contributed by atoms with Crippen LogP contribution in [0.1, 0.15) is 11.3 Å². The number of halogens is 1. The quantitative estimate of drug-likeness (QED) is 0.847. The Morgan fingerprint density at radius 1 is 1.40 bits per heavy atom. The molecule has 1 aromatic heterocycles. The van der Waals surface area contributed by atoms with Gasteiger partial charge in [-0.1, -0.05) is 23.7 Å². The van der Waals surface area contributed by atoms with Crippen LogP contribution in [0.3, 0.4) is 0 Å². The molecule has 0 bridgehead atoms. The van der Waals surface area contributed by atoms with E-state index in [1.807, 2.05) is 25.1 Å². The van der Waals surface area contributed by atoms with E-state index in [9.17, 15) is 0 Å². The van der Waals surface area contributed by atoms with E-state index in [4.69, 9.17) is 16.7 Å². The first kappa shape index (κ1) is 10.2. The van der Waals surface area contributed by atoms with Crippen LogP contribution in [0, 0.1) is 6.92 Å². The molecule has 4 heteroatoms. The van der Waals surface area contributed by atoms with Gasteiger partial charge >= 0.3 is 0 Å². The Balaban J connectivity index is 2.59. The molecule has 3 nitrogen and oxygen atoms in total. The van der Waals surface area contributed by atoms with Crippen molar-refractivity contribution in [3.05, 3.63) is 46.7 Å². The Morgan fingerprint density at radius 3 is 2.93 bits per heavy atom. The molecule has 0 aliphatic rings. The lowest BCUT2D eigenvalue weighted by Gasteiger charge is -2.09. The van der Waals surface area contributed by atoms with E-state index in [0.29, 0.717) is 5.02 Å². The molecule has 1 N–H and O–H groups in total. The van der Waals surface area contributed by atoms with E-state index < -0.39 is 0 Å². The van der Waals surface area contributed by atoms with E-state index in [0.717, 1.165) is 16.9 Å². The summed E-state index contributed by atoms with van der Waals surface area (Å²) in [6.45, 7) is 1.89. The van der Waals surface area contributed by atoms with E-state index in [1.54, 1.807) is 16.9 Å². The van der Waals surface area contributed by atoms with Crippen LogP contribution in [0.25, 0.3) is 5.69 Å². The van der Waals surface area contributed by atoms with Gasteiger partial charge in [-0.25, -0.2) is 4.68 Å². The van der Waals surface area contributed by atoms with Gasteiger partial charge in [-0.15, -0.1) is 0 Å². The first-order valence-electron chi connectivity index (χ1n) is 4.63. The maximum Gasteiger partial charge on any atom is 0.0854 e. The zero-order valence-corrected chi connectivity index (χ0v) is 9.07. The van der Waals surface area contributed by atoms with Gasteiger partial charge < -0.3 is 5.11 Å². The number of rotatable bonds is 2. The zero-order valence-electron chi connectivity index (χ0n) is 8.31. The highest BCUT2D eigenvalue weighted by molar-refractivity contribution is 6.33. The van der Waals surface area contributed by atoms with Crippen molar-refractivity contribution in [1.29, 1.82) is 0 Å². The molecule has 0 unspecified atom stereocenters. The van der Waals surface area contributed by atoms with Gasteiger partial charge in [0.2, 0.25) is 0 Å². The second-order valence-corrected chi connectivity index (χ2v) is 3.68. The van der Waals surface area contributed by atoms with Crippen LogP contribution >= 0.6 is 11.6 Å². The van der Waals surface area contributed by atoms with Gasteiger partial charge in [0.05, 0.1) is 23.0 Å². The minimum atomic E-state index is -0.0513. The van der Waals surface area contributed by atoms with Gasteiger partial charge in [0.1, 0.15) is 0 Å². The van der Waals surface area contributed by atoms with Crippen molar-refractivity contribution in [3.8, 4) is 5.69 Å². The normalized spacial score (nSPS) is 10.6. The van der Waals surface area contributed by atoms with Crippen molar-refractivity contribution in [2.75, 3.05) is 0 Å². The third-order valence-electron chi connectivity index (χ3n) is 2.28. The summed E-state index contributed by atoms with van der Waals surface area (Å²) >= 11 is 6.17. The number of aryl methyl sites for hydroxylation is 1. The van der Waals surface area contributed by atoms with Crippen LogP contribution in [0.4, 0.5) is 0 Å². The number of aliphatic hydroxyl groups is 1. The van der Waals surface area contributed by atoms with Gasteiger partial charge in [-0.05, 0) is 24.6 Å². The van der Waals surface area contributed by atoms with E-state index in [1.165, 1.54) is 0 Å². The van der Waals surface area contributed by atoms with Crippen molar-refractivity contribution in [3.63, 3.8) is 0 Å². The molecular formula is C11H11ClN2O. The first-order chi connectivity index (χ1) is 7.24. The monoisotopic (exact) mass is 222 g/mol. The average molecular weight is 223 g/mol. The van der Waals surface area contributed by atoms with Crippen molar-refractivity contribution in [2.24, 2.45) is 0 Å². The Morgan fingerprint density at radius 2 is 2.20 bits per heavy atom. The Labute approximate surface area is 92.9 Å². The average Bonchev–Trinajstić information content (AvgIpc) is 2.70. The molecule has 0 spiro atoms.